The molecule has 0 radical (unpaired) electrons. The van der Waals surface area contributed by atoms with Gasteiger partial charge in [0.1, 0.15) is 29.9 Å². The van der Waals surface area contributed by atoms with Crippen molar-refractivity contribution in [3.05, 3.63) is 120 Å². The van der Waals surface area contributed by atoms with Crippen molar-refractivity contribution in [3.8, 4) is 11.5 Å². The van der Waals surface area contributed by atoms with Gasteiger partial charge in [0.15, 0.2) is 0 Å². The smallest absolute Gasteiger partial charge is 0.264 e. The van der Waals surface area contributed by atoms with E-state index in [1.807, 2.05) is 44.2 Å². The summed E-state index contributed by atoms with van der Waals surface area (Å²) in [6.45, 7) is 2.89. The first-order chi connectivity index (χ1) is 22.0. The molecule has 9 nitrogen and oxygen atoms in total. The van der Waals surface area contributed by atoms with Crippen LogP contribution in [0.2, 0.25) is 0 Å². The van der Waals surface area contributed by atoms with Gasteiger partial charge in [0.05, 0.1) is 24.8 Å². The lowest BCUT2D eigenvalue weighted by atomic mass is 10.0. The van der Waals surface area contributed by atoms with E-state index in [2.05, 4.69) is 5.32 Å². The lowest BCUT2D eigenvalue weighted by Crippen LogP contribution is -2.54. The van der Waals surface area contributed by atoms with E-state index in [1.165, 1.54) is 67.7 Å². The zero-order chi connectivity index (χ0) is 33.3. The number of para-hydroxylation sites is 2. The largest absolute Gasteiger partial charge is 0.497 e. The SMILES string of the molecule is COc1ccc(S(=O)(=O)N(CC(=O)N(Cc2ccc(F)cc2)C(Cc2ccccc2)C(=O)NC(C)C)c2ccccc2OC)cc1. The highest BCUT2D eigenvalue weighted by molar-refractivity contribution is 7.92. The summed E-state index contributed by atoms with van der Waals surface area (Å²) in [4.78, 5) is 29.5. The third-order valence-corrected chi connectivity index (χ3v) is 9.02. The Hall–Kier alpha value is -4.90. The summed E-state index contributed by atoms with van der Waals surface area (Å²) in [5.74, 6) is -0.809. The quantitative estimate of drug-likeness (QED) is 0.202. The molecule has 1 atom stereocenters. The number of amides is 2. The van der Waals surface area contributed by atoms with Crippen LogP contribution in [0, 0.1) is 5.82 Å². The number of ether oxygens (including phenoxy) is 2. The third kappa shape index (κ3) is 8.42. The summed E-state index contributed by atoms with van der Waals surface area (Å²) < 4.78 is 54.0. The molecule has 4 aromatic rings. The monoisotopic (exact) mass is 647 g/mol. The number of nitrogens with one attached hydrogen (secondary N) is 1. The minimum absolute atomic E-state index is 0.0736. The van der Waals surface area contributed by atoms with Crippen molar-refractivity contribution in [1.82, 2.24) is 10.2 Å². The molecule has 4 aromatic carbocycles. The molecule has 0 heterocycles. The number of rotatable bonds is 14. The number of benzene rings is 4. The molecule has 2 amide bonds. The van der Waals surface area contributed by atoms with E-state index >= 15 is 0 Å². The Kier molecular flexibility index (Phi) is 11.4. The number of carbonyl (C=O) groups is 2. The first-order valence-corrected chi connectivity index (χ1v) is 16.2. The van der Waals surface area contributed by atoms with Gasteiger partial charge in [0.2, 0.25) is 11.8 Å². The molecular formula is C35H38FN3O6S. The van der Waals surface area contributed by atoms with Crippen molar-refractivity contribution in [3.63, 3.8) is 0 Å². The van der Waals surface area contributed by atoms with Gasteiger partial charge in [-0.1, -0.05) is 54.6 Å². The highest BCUT2D eigenvalue weighted by Gasteiger charge is 2.35. The molecule has 0 spiro atoms. The van der Waals surface area contributed by atoms with Crippen LogP contribution in [0.15, 0.2) is 108 Å². The molecule has 46 heavy (non-hydrogen) atoms. The van der Waals surface area contributed by atoms with Crippen molar-refractivity contribution >= 4 is 27.5 Å². The van der Waals surface area contributed by atoms with Gasteiger partial charge in [-0.15, -0.1) is 0 Å². The number of nitrogens with zero attached hydrogens (tertiary/aromatic N) is 2. The number of methoxy groups -OCH3 is 2. The third-order valence-electron chi connectivity index (χ3n) is 7.25. The van der Waals surface area contributed by atoms with Gasteiger partial charge in [-0.25, -0.2) is 12.8 Å². The van der Waals surface area contributed by atoms with E-state index in [9.17, 15) is 22.4 Å². The number of anilines is 1. The first kappa shape index (κ1) is 34.0. The average molecular weight is 648 g/mol. The van der Waals surface area contributed by atoms with Gasteiger partial charge >= 0.3 is 0 Å². The van der Waals surface area contributed by atoms with Crippen molar-refractivity contribution in [2.75, 3.05) is 25.1 Å². The maximum Gasteiger partial charge on any atom is 0.264 e. The van der Waals surface area contributed by atoms with Crippen LogP contribution in [0.1, 0.15) is 25.0 Å². The average Bonchev–Trinajstić information content (AvgIpc) is 3.06. The Morgan fingerprint density at radius 2 is 1.43 bits per heavy atom. The van der Waals surface area contributed by atoms with Crippen molar-refractivity contribution in [2.24, 2.45) is 0 Å². The van der Waals surface area contributed by atoms with Crippen molar-refractivity contribution < 1.29 is 31.9 Å². The van der Waals surface area contributed by atoms with E-state index in [0.717, 1.165) is 9.87 Å². The number of carbonyl (C=O) groups excluding carboxylic acids is 2. The second-order valence-corrected chi connectivity index (χ2v) is 12.7. The van der Waals surface area contributed by atoms with Gasteiger partial charge in [-0.2, -0.15) is 0 Å². The fourth-order valence-corrected chi connectivity index (χ4v) is 6.37. The van der Waals surface area contributed by atoms with Crippen molar-refractivity contribution in [2.45, 2.75) is 43.8 Å². The van der Waals surface area contributed by atoms with E-state index in [0.29, 0.717) is 11.3 Å². The summed E-state index contributed by atoms with van der Waals surface area (Å²) >= 11 is 0. The van der Waals surface area contributed by atoms with Crippen LogP contribution in [0.4, 0.5) is 10.1 Å². The lowest BCUT2D eigenvalue weighted by molar-refractivity contribution is -0.140. The van der Waals surface area contributed by atoms with Crippen LogP contribution >= 0.6 is 0 Å². The van der Waals surface area contributed by atoms with Gasteiger partial charge in [-0.05, 0) is 73.5 Å². The minimum atomic E-state index is -4.34. The van der Waals surface area contributed by atoms with Gasteiger partial charge in [0, 0.05) is 19.0 Å². The first-order valence-electron chi connectivity index (χ1n) is 14.7. The van der Waals surface area contributed by atoms with E-state index in [1.54, 1.807) is 24.3 Å². The van der Waals surface area contributed by atoms with Crippen LogP contribution < -0.4 is 19.1 Å². The fraction of sp³-hybridized carbons (Fsp3) is 0.257. The minimum Gasteiger partial charge on any atom is -0.497 e. The molecule has 0 aliphatic heterocycles. The molecule has 11 heteroatoms. The topological polar surface area (TPSA) is 105 Å². The molecular weight excluding hydrogens is 609 g/mol. The number of hydrogen-bond acceptors (Lipinski definition) is 6. The molecule has 242 valence electrons. The molecule has 0 aromatic heterocycles. The maximum atomic E-state index is 14.5. The standard InChI is InChI=1S/C35H38FN3O6S/c1-25(2)37-35(41)32(22-26-10-6-5-7-11-26)38(23-27-14-16-28(36)17-15-27)34(40)24-39(31-12-8-9-13-33(31)45-4)46(42,43)30-20-18-29(44-3)19-21-30/h5-21,25,32H,22-24H2,1-4H3,(H,37,41). The molecule has 0 fully saturated rings. The summed E-state index contributed by atoms with van der Waals surface area (Å²) in [6, 6.07) is 25.9. The summed E-state index contributed by atoms with van der Waals surface area (Å²) in [5, 5.41) is 2.91. The Morgan fingerprint density at radius 3 is 2.04 bits per heavy atom. The van der Waals surface area contributed by atoms with Gasteiger partial charge < -0.3 is 19.7 Å². The molecule has 0 bridgehead atoms. The van der Waals surface area contributed by atoms with E-state index < -0.39 is 40.2 Å². The Balaban J connectivity index is 1.83. The van der Waals surface area contributed by atoms with E-state index in [-0.39, 0.29) is 35.3 Å². The highest BCUT2D eigenvalue weighted by Crippen LogP contribution is 2.33. The number of halogens is 1. The van der Waals surface area contributed by atoms with Crippen LogP contribution in [0.3, 0.4) is 0 Å². The summed E-state index contributed by atoms with van der Waals surface area (Å²) in [7, 11) is -1.46. The zero-order valence-corrected chi connectivity index (χ0v) is 27.0. The highest BCUT2D eigenvalue weighted by atomic mass is 32.2. The molecule has 4 rings (SSSR count). The normalized spacial score (nSPS) is 11.9. The van der Waals surface area contributed by atoms with Crippen LogP contribution in [0.25, 0.3) is 0 Å². The molecule has 0 saturated heterocycles. The second-order valence-electron chi connectivity index (χ2n) is 10.9. The van der Waals surface area contributed by atoms with E-state index in [4.69, 9.17) is 9.47 Å². The predicted octanol–water partition coefficient (Wildman–Crippen LogP) is 5.20. The Bertz CT molecular complexity index is 1720. The maximum absolute atomic E-state index is 14.5. The van der Waals surface area contributed by atoms with Gasteiger partial charge in [0.25, 0.3) is 10.0 Å². The summed E-state index contributed by atoms with van der Waals surface area (Å²) in [6.07, 6.45) is 0.159. The van der Waals surface area contributed by atoms with Crippen LogP contribution in [-0.4, -0.2) is 58.0 Å². The van der Waals surface area contributed by atoms with Crippen molar-refractivity contribution in [1.29, 1.82) is 0 Å². The number of hydrogen-bond donors (Lipinski definition) is 1. The van der Waals surface area contributed by atoms with Gasteiger partial charge in [-0.3, -0.25) is 13.9 Å². The molecule has 1 N–H and O–H groups in total. The molecule has 0 saturated carbocycles. The molecule has 0 aliphatic rings. The van der Waals surface area contributed by atoms with Crippen LogP contribution in [0.5, 0.6) is 11.5 Å². The Morgan fingerprint density at radius 1 is 0.804 bits per heavy atom. The predicted molar refractivity (Wildman–Crippen MR) is 175 cm³/mol. The second kappa shape index (κ2) is 15.4. The lowest BCUT2D eigenvalue weighted by Gasteiger charge is -2.34. The molecule has 0 aliphatic carbocycles. The Labute approximate surface area is 269 Å². The van der Waals surface area contributed by atoms with Crippen LogP contribution in [-0.2, 0) is 32.6 Å². The summed E-state index contributed by atoms with van der Waals surface area (Å²) in [5.41, 5.74) is 1.50. The number of sulfonamides is 1. The zero-order valence-electron chi connectivity index (χ0n) is 26.2. The molecule has 1 unspecified atom stereocenters. The fourth-order valence-electron chi connectivity index (χ4n) is 4.95.